The standard InChI is InChI=1S/C16H21N3O/c1-2-14(12-6-4-3-5-7-12)16-18-15(19-20-16)13-8-10-17-11-9-13/h3-7,13-14,17H,2,8-11H2,1H3. The summed E-state index contributed by atoms with van der Waals surface area (Å²) in [6.07, 6.45) is 3.17. The Morgan fingerprint density at radius 1 is 1.25 bits per heavy atom. The van der Waals surface area contributed by atoms with Crippen molar-refractivity contribution in [2.75, 3.05) is 13.1 Å². The molecule has 0 amide bonds. The van der Waals surface area contributed by atoms with Crippen molar-refractivity contribution in [1.29, 1.82) is 0 Å². The smallest absolute Gasteiger partial charge is 0.234 e. The molecular weight excluding hydrogens is 250 g/mol. The molecule has 0 spiro atoms. The van der Waals surface area contributed by atoms with Crippen LogP contribution in [-0.4, -0.2) is 23.2 Å². The molecule has 2 heterocycles. The lowest BCUT2D eigenvalue weighted by Crippen LogP contribution is -2.27. The number of rotatable bonds is 4. The SMILES string of the molecule is CCC(c1ccccc1)c1nc(C2CCNCC2)no1. The van der Waals surface area contributed by atoms with Gasteiger partial charge in [0.05, 0.1) is 5.92 Å². The van der Waals surface area contributed by atoms with Crippen molar-refractivity contribution >= 4 is 0 Å². The molecule has 1 aliphatic rings. The third kappa shape index (κ3) is 2.75. The van der Waals surface area contributed by atoms with Crippen molar-refractivity contribution in [1.82, 2.24) is 15.5 Å². The molecule has 0 bridgehead atoms. The first-order chi connectivity index (χ1) is 9.88. The topological polar surface area (TPSA) is 51.0 Å². The van der Waals surface area contributed by atoms with E-state index in [0.29, 0.717) is 5.92 Å². The molecule has 0 aliphatic carbocycles. The van der Waals surface area contributed by atoms with E-state index in [1.807, 2.05) is 6.07 Å². The van der Waals surface area contributed by atoms with E-state index in [1.54, 1.807) is 0 Å². The molecule has 4 nitrogen and oxygen atoms in total. The minimum atomic E-state index is 0.208. The van der Waals surface area contributed by atoms with Gasteiger partial charge in [0.15, 0.2) is 5.82 Å². The van der Waals surface area contributed by atoms with Crippen LogP contribution in [0, 0.1) is 0 Å². The average Bonchev–Trinajstić information content (AvgIpc) is 3.00. The molecule has 2 aromatic rings. The van der Waals surface area contributed by atoms with Gasteiger partial charge in [-0.1, -0.05) is 42.4 Å². The number of piperidine rings is 1. The third-order valence-corrected chi connectivity index (χ3v) is 4.07. The molecular formula is C16H21N3O. The van der Waals surface area contributed by atoms with Crippen LogP contribution < -0.4 is 5.32 Å². The minimum Gasteiger partial charge on any atom is -0.339 e. The lowest BCUT2D eigenvalue weighted by molar-refractivity contribution is 0.349. The fraction of sp³-hybridized carbons (Fsp3) is 0.500. The van der Waals surface area contributed by atoms with Crippen LogP contribution in [0.1, 0.15) is 55.3 Å². The number of aromatic nitrogens is 2. The van der Waals surface area contributed by atoms with Gasteiger partial charge in [-0.15, -0.1) is 0 Å². The molecule has 0 radical (unpaired) electrons. The molecule has 1 aromatic heterocycles. The van der Waals surface area contributed by atoms with Crippen LogP contribution in [0.15, 0.2) is 34.9 Å². The van der Waals surface area contributed by atoms with Crippen LogP contribution in [0.4, 0.5) is 0 Å². The molecule has 1 saturated heterocycles. The summed E-state index contributed by atoms with van der Waals surface area (Å²) in [5, 5.41) is 7.59. The van der Waals surface area contributed by atoms with Gasteiger partial charge in [0.1, 0.15) is 0 Å². The van der Waals surface area contributed by atoms with E-state index in [1.165, 1.54) is 5.56 Å². The van der Waals surface area contributed by atoms with Gasteiger partial charge in [-0.2, -0.15) is 4.98 Å². The number of nitrogens with zero attached hydrogens (tertiary/aromatic N) is 2. The quantitative estimate of drug-likeness (QED) is 0.928. The van der Waals surface area contributed by atoms with Crippen LogP contribution in [-0.2, 0) is 0 Å². The fourth-order valence-corrected chi connectivity index (χ4v) is 2.87. The van der Waals surface area contributed by atoms with Crippen LogP contribution in [0.5, 0.6) is 0 Å². The largest absolute Gasteiger partial charge is 0.339 e. The zero-order chi connectivity index (χ0) is 13.8. The van der Waals surface area contributed by atoms with E-state index in [0.717, 1.165) is 44.1 Å². The molecule has 1 fully saturated rings. The summed E-state index contributed by atoms with van der Waals surface area (Å²) in [5.41, 5.74) is 1.25. The highest BCUT2D eigenvalue weighted by Gasteiger charge is 2.24. The molecule has 1 aliphatic heterocycles. The highest BCUT2D eigenvalue weighted by Crippen LogP contribution is 2.29. The zero-order valence-corrected chi connectivity index (χ0v) is 11.9. The summed E-state index contributed by atoms with van der Waals surface area (Å²) in [4.78, 5) is 4.68. The summed E-state index contributed by atoms with van der Waals surface area (Å²) in [6, 6.07) is 10.4. The molecule has 1 unspecified atom stereocenters. The van der Waals surface area contributed by atoms with Gasteiger partial charge in [-0.25, -0.2) is 0 Å². The molecule has 1 atom stereocenters. The summed E-state index contributed by atoms with van der Waals surface area (Å²) in [6.45, 7) is 4.25. The predicted octanol–water partition coefficient (Wildman–Crippen LogP) is 3.08. The second-order valence-electron chi connectivity index (χ2n) is 5.39. The molecule has 106 valence electrons. The maximum Gasteiger partial charge on any atom is 0.234 e. The van der Waals surface area contributed by atoms with Crippen molar-refractivity contribution in [3.05, 3.63) is 47.6 Å². The molecule has 1 N–H and O–H groups in total. The average molecular weight is 271 g/mol. The molecule has 1 aromatic carbocycles. The van der Waals surface area contributed by atoms with Gasteiger partial charge >= 0.3 is 0 Å². The highest BCUT2D eigenvalue weighted by molar-refractivity contribution is 5.24. The van der Waals surface area contributed by atoms with E-state index in [4.69, 9.17) is 4.52 Å². The molecule has 0 saturated carbocycles. The Kier molecular flexibility index (Phi) is 4.11. The van der Waals surface area contributed by atoms with E-state index >= 15 is 0 Å². The Morgan fingerprint density at radius 3 is 2.70 bits per heavy atom. The molecule has 20 heavy (non-hydrogen) atoms. The van der Waals surface area contributed by atoms with Crippen LogP contribution in [0.3, 0.4) is 0 Å². The lowest BCUT2D eigenvalue weighted by Gasteiger charge is -2.19. The minimum absolute atomic E-state index is 0.208. The summed E-state index contributed by atoms with van der Waals surface area (Å²) in [5.74, 6) is 2.30. The Labute approximate surface area is 119 Å². The fourth-order valence-electron chi connectivity index (χ4n) is 2.87. The number of hydrogen-bond donors (Lipinski definition) is 1. The lowest BCUT2D eigenvalue weighted by atomic mass is 9.95. The van der Waals surface area contributed by atoms with Crippen LogP contribution in [0.25, 0.3) is 0 Å². The molecule has 3 rings (SSSR count). The van der Waals surface area contributed by atoms with E-state index < -0.39 is 0 Å². The Bertz CT molecular complexity index is 532. The monoisotopic (exact) mass is 271 g/mol. The van der Waals surface area contributed by atoms with Gasteiger partial charge < -0.3 is 9.84 Å². The normalized spacial score (nSPS) is 18.1. The summed E-state index contributed by atoms with van der Waals surface area (Å²) >= 11 is 0. The summed E-state index contributed by atoms with van der Waals surface area (Å²) in [7, 11) is 0. The van der Waals surface area contributed by atoms with E-state index in [9.17, 15) is 0 Å². The van der Waals surface area contributed by atoms with E-state index in [2.05, 4.69) is 46.6 Å². The summed E-state index contributed by atoms with van der Waals surface area (Å²) < 4.78 is 5.54. The second-order valence-corrected chi connectivity index (χ2v) is 5.39. The number of nitrogens with one attached hydrogen (secondary N) is 1. The maximum atomic E-state index is 5.54. The Balaban J connectivity index is 1.81. The van der Waals surface area contributed by atoms with E-state index in [-0.39, 0.29) is 5.92 Å². The molecule has 4 heteroatoms. The van der Waals surface area contributed by atoms with Crippen molar-refractivity contribution in [3.63, 3.8) is 0 Å². The zero-order valence-electron chi connectivity index (χ0n) is 11.9. The Hall–Kier alpha value is -1.68. The van der Waals surface area contributed by atoms with Crippen LogP contribution in [0.2, 0.25) is 0 Å². The first-order valence-electron chi connectivity index (χ1n) is 7.47. The first kappa shape index (κ1) is 13.3. The first-order valence-corrected chi connectivity index (χ1v) is 7.47. The highest BCUT2D eigenvalue weighted by atomic mass is 16.5. The van der Waals surface area contributed by atoms with Crippen molar-refractivity contribution in [2.45, 2.75) is 38.0 Å². The van der Waals surface area contributed by atoms with Gasteiger partial charge in [-0.05, 0) is 37.9 Å². The second kappa shape index (κ2) is 6.18. The number of hydrogen-bond acceptors (Lipinski definition) is 4. The predicted molar refractivity (Wildman–Crippen MR) is 77.7 cm³/mol. The van der Waals surface area contributed by atoms with Gasteiger partial charge in [0, 0.05) is 5.92 Å². The third-order valence-electron chi connectivity index (χ3n) is 4.07. The van der Waals surface area contributed by atoms with Crippen molar-refractivity contribution < 1.29 is 4.52 Å². The van der Waals surface area contributed by atoms with Crippen molar-refractivity contribution in [3.8, 4) is 0 Å². The Morgan fingerprint density at radius 2 is 2.00 bits per heavy atom. The maximum absolute atomic E-state index is 5.54. The number of benzene rings is 1. The van der Waals surface area contributed by atoms with Crippen LogP contribution >= 0.6 is 0 Å². The van der Waals surface area contributed by atoms with Gasteiger partial charge in [-0.3, -0.25) is 0 Å². The van der Waals surface area contributed by atoms with Gasteiger partial charge in [0.25, 0.3) is 0 Å². The van der Waals surface area contributed by atoms with Gasteiger partial charge in [0.2, 0.25) is 5.89 Å². The van der Waals surface area contributed by atoms with Crippen molar-refractivity contribution in [2.24, 2.45) is 0 Å².